The first-order chi connectivity index (χ1) is 16.3. The van der Waals surface area contributed by atoms with Gasteiger partial charge in [0.2, 0.25) is 21.7 Å². The van der Waals surface area contributed by atoms with Gasteiger partial charge in [0, 0.05) is 37.5 Å². The fraction of sp³-hybridized carbons (Fsp3) is 0.391. The van der Waals surface area contributed by atoms with Crippen LogP contribution in [0.1, 0.15) is 24.1 Å². The molecule has 0 radical (unpaired) electrons. The minimum absolute atomic E-state index is 0.219. The molecule has 4 rings (SSSR count). The lowest BCUT2D eigenvalue weighted by atomic mass is 10.00. The number of nitrogens with two attached hydrogens (primary N) is 2. The molecule has 182 valence electrons. The monoisotopic (exact) mass is 485 g/mol. The van der Waals surface area contributed by atoms with Crippen molar-refractivity contribution in [2.75, 3.05) is 26.7 Å². The van der Waals surface area contributed by atoms with Crippen molar-refractivity contribution in [1.29, 1.82) is 0 Å². The van der Waals surface area contributed by atoms with E-state index < -0.39 is 15.8 Å². The molecule has 1 aromatic heterocycles. The first-order valence-corrected chi connectivity index (χ1v) is 12.6. The van der Waals surface area contributed by atoms with Crippen LogP contribution in [0.4, 0.5) is 0 Å². The molecule has 0 amide bonds. The van der Waals surface area contributed by atoms with Gasteiger partial charge >= 0.3 is 0 Å². The zero-order chi connectivity index (χ0) is 24.2. The number of aliphatic imine (C=N–C) groups is 1. The van der Waals surface area contributed by atoms with Crippen LogP contribution in [0.5, 0.6) is 5.88 Å². The van der Waals surface area contributed by atoms with Gasteiger partial charge in [-0.3, -0.25) is 5.73 Å². The fourth-order valence-corrected chi connectivity index (χ4v) is 5.75. The highest BCUT2D eigenvalue weighted by Crippen LogP contribution is 2.26. The van der Waals surface area contributed by atoms with Crippen LogP contribution in [-0.2, 0) is 22.4 Å². The van der Waals surface area contributed by atoms with E-state index in [0.717, 1.165) is 18.5 Å². The Hall–Kier alpha value is -2.99. The molecule has 10 nitrogen and oxygen atoms in total. The number of aromatic nitrogens is 1. The van der Waals surface area contributed by atoms with Crippen molar-refractivity contribution in [2.45, 2.75) is 30.1 Å². The predicted molar refractivity (Wildman–Crippen MR) is 130 cm³/mol. The number of rotatable bonds is 8. The summed E-state index contributed by atoms with van der Waals surface area (Å²) in [6.45, 7) is 2.28. The van der Waals surface area contributed by atoms with Crippen molar-refractivity contribution in [3.8, 4) is 5.88 Å². The van der Waals surface area contributed by atoms with Crippen LogP contribution in [0.25, 0.3) is 0 Å². The molecule has 0 bridgehead atoms. The molecular weight excluding hydrogens is 454 g/mol. The Morgan fingerprint density at radius 1 is 1.26 bits per heavy atom. The van der Waals surface area contributed by atoms with Crippen molar-refractivity contribution >= 4 is 15.9 Å². The Morgan fingerprint density at radius 2 is 2.06 bits per heavy atom. The van der Waals surface area contributed by atoms with Crippen LogP contribution in [0.2, 0.25) is 0 Å². The number of ether oxygens (including phenoxy) is 1. The third-order valence-electron chi connectivity index (χ3n) is 6.01. The van der Waals surface area contributed by atoms with Crippen LogP contribution < -0.4 is 26.8 Å². The third-order valence-corrected chi connectivity index (χ3v) is 7.89. The summed E-state index contributed by atoms with van der Waals surface area (Å²) in [6, 6.07) is 12.1. The lowest BCUT2D eigenvalue weighted by Crippen LogP contribution is -2.49. The number of benzene rings is 1. The van der Waals surface area contributed by atoms with Gasteiger partial charge in [0.25, 0.3) is 0 Å². The summed E-state index contributed by atoms with van der Waals surface area (Å²) < 4.78 is 33.3. The molecule has 0 aliphatic carbocycles. The van der Waals surface area contributed by atoms with Gasteiger partial charge in [-0.15, -0.1) is 0 Å². The van der Waals surface area contributed by atoms with Gasteiger partial charge < -0.3 is 21.1 Å². The van der Waals surface area contributed by atoms with E-state index in [0.29, 0.717) is 43.5 Å². The topological polar surface area (TPSA) is 148 Å². The van der Waals surface area contributed by atoms with Crippen molar-refractivity contribution in [3.05, 3.63) is 66.0 Å². The zero-order valence-electron chi connectivity index (χ0n) is 19.1. The van der Waals surface area contributed by atoms with E-state index >= 15 is 0 Å². The average molecular weight is 486 g/mol. The summed E-state index contributed by atoms with van der Waals surface area (Å²) in [6.07, 6.45) is 5.02. The molecule has 1 fully saturated rings. The van der Waals surface area contributed by atoms with Crippen molar-refractivity contribution in [1.82, 2.24) is 19.9 Å². The zero-order valence-corrected chi connectivity index (χ0v) is 20.0. The third kappa shape index (κ3) is 5.39. The lowest BCUT2D eigenvalue weighted by Gasteiger charge is -2.32. The highest BCUT2D eigenvalue weighted by atomic mass is 32.2. The first-order valence-electron chi connectivity index (χ1n) is 11.2. The molecular formula is C23H31N7O3S. The molecule has 11 heteroatoms. The largest absolute Gasteiger partial charge is 0.481 e. The number of sulfonamides is 1. The SMILES string of the molecule is COc1cccc(CNCC2CCCN(S(=O)(=O)c3ccc(C4(N)N=C(N)C=CN4)cc3)C2)n1. The molecule has 34 heavy (non-hydrogen) atoms. The second kappa shape index (κ2) is 10.1. The molecule has 3 heterocycles. The highest BCUT2D eigenvalue weighted by molar-refractivity contribution is 7.89. The standard InChI is InChI=1S/C23H31N7O3S/c1-33-22-6-2-5-19(28-22)15-26-14-17-4-3-13-30(16-17)34(31,32)20-9-7-18(8-10-20)23(25)27-12-11-21(24)29-23/h2,5-12,17,26-27H,3-4,13-16,25H2,1H3,(H2,24,29). The lowest BCUT2D eigenvalue weighted by molar-refractivity contribution is 0.259. The van der Waals surface area contributed by atoms with Crippen molar-refractivity contribution < 1.29 is 13.2 Å². The molecule has 1 aromatic carbocycles. The van der Waals surface area contributed by atoms with E-state index in [-0.39, 0.29) is 10.8 Å². The van der Waals surface area contributed by atoms with Crippen LogP contribution >= 0.6 is 0 Å². The van der Waals surface area contributed by atoms with Gasteiger partial charge in [-0.05, 0) is 49.6 Å². The number of pyridine rings is 1. The van der Waals surface area contributed by atoms with E-state index in [1.165, 1.54) is 0 Å². The molecule has 2 aliphatic rings. The predicted octanol–water partition coefficient (Wildman–Crippen LogP) is 0.824. The maximum Gasteiger partial charge on any atom is 0.243 e. The second-order valence-corrected chi connectivity index (χ2v) is 10.4. The minimum Gasteiger partial charge on any atom is -0.481 e. The maximum absolute atomic E-state index is 13.3. The number of methoxy groups -OCH3 is 1. The van der Waals surface area contributed by atoms with E-state index in [2.05, 4.69) is 20.6 Å². The summed E-state index contributed by atoms with van der Waals surface area (Å²) in [5.74, 6) is -0.128. The molecule has 2 aliphatic heterocycles. The number of hydrogen-bond acceptors (Lipinski definition) is 9. The van der Waals surface area contributed by atoms with E-state index in [4.69, 9.17) is 16.2 Å². The first kappa shape index (κ1) is 24.1. The number of piperidine rings is 1. The Labute approximate surface area is 200 Å². The summed E-state index contributed by atoms with van der Waals surface area (Å²) in [5, 5.41) is 6.36. The molecule has 2 atom stereocenters. The molecule has 0 saturated carbocycles. The maximum atomic E-state index is 13.3. The van der Waals surface area contributed by atoms with Gasteiger partial charge in [-0.25, -0.2) is 18.4 Å². The molecule has 2 aromatic rings. The number of nitrogens with one attached hydrogen (secondary N) is 2. The highest BCUT2D eigenvalue weighted by Gasteiger charge is 2.32. The number of nitrogens with zero attached hydrogens (tertiary/aromatic N) is 3. The van der Waals surface area contributed by atoms with Crippen LogP contribution in [0, 0.1) is 5.92 Å². The smallest absolute Gasteiger partial charge is 0.243 e. The number of hydrogen-bond donors (Lipinski definition) is 4. The van der Waals surface area contributed by atoms with Gasteiger partial charge in [-0.2, -0.15) is 4.31 Å². The molecule has 2 unspecified atom stereocenters. The second-order valence-electron chi connectivity index (χ2n) is 8.48. The van der Waals surface area contributed by atoms with E-state index in [1.54, 1.807) is 54.0 Å². The Morgan fingerprint density at radius 3 is 2.79 bits per heavy atom. The minimum atomic E-state index is -3.62. The van der Waals surface area contributed by atoms with Crippen molar-refractivity contribution in [3.63, 3.8) is 0 Å². The number of amidine groups is 1. The molecule has 1 saturated heterocycles. The van der Waals surface area contributed by atoms with Gasteiger partial charge in [0.15, 0.2) is 0 Å². The molecule has 0 spiro atoms. The van der Waals surface area contributed by atoms with Crippen molar-refractivity contribution in [2.24, 2.45) is 22.4 Å². The fourth-order valence-electron chi connectivity index (χ4n) is 4.19. The summed E-state index contributed by atoms with van der Waals surface area (Å²) in [4.78, 5) is 8.86. The van der Waals surface area contributed by atoms with Crippen LogP contribution in [-0.4, -0.2) is 50.3 Å². The van der Waals surface area contributed by atoms with E-state index in [9.17, 15) is 8.42 Å². The summed E-state index contributed by atoms with van der Waals surface area (Å²) in [5.41, 5.74) is 13.5. The summed E-state index contributed by atoms with van der Waals surface area (Å²) in [7, 11) is -2.03. The van der Waals surface area contributed by atoms with Crippen LogP contribution in [0.3, 0.4) is 0 Å². The average Bonchev–Trinajstić information content (AvgIpc) is 2.84. The Bertz CT molecular complexity index is 1170. The van der Waals surface area contributed by atoms with Gasteiger partial charge in [0.05, 0.1) is 17.7 Å². The Balaban J connectivity index is 1.37. The van der Waals surface area contributed by atoms with Crippen LogP contribution in [0.15, 0.2) is 64.6 Å². The normalized spacial score (nSPS) is 23.2. The Kier molecular flexibility index (Phi) is 7.17. The summed E-state index contributed by atoms with van der Waals surface area (Å²) >= 11 is 0. The van der Waals surface area contributed by atoms with E-state index in [1.807, 2.05) is 12.1 Å². The van der Waals surface area contributed by atoms with Gasteiger partial charge in [-0.1, -0.05) is 18.2 Å². The molecule has 6 N–H and O–H groups in total. The van der Waals surface area contributed by atoms with Gasteiger partial charge in [0.1, 0.15) is 5.84 Å². The quantitative estimate of drug-likeness (QED) is 0.430.